The molecule has 0 saturated heterocycles. The van der Waals surface area contributed by atoms with E-state index in [-0.39, 0.29) is 6.04 Å². The zero-order valence-electron chi connectivity index (χ0n) is 9.97. The van der Waals surface area contributed by atoms with Gasteiger partial charge in [-0.05, 0) is 24.1 Å². The van der Waals surface area contributed by atoms with Gasteiger partial charge in [-0.2, -0.15) is 0 Å². The highest BCUT2D eigenvalue weighted by molar-refractivity contribution is 5.32. The molecule has 17 heavy (non-hydrogen) atoms. The third-order valence-corrected chi connectivity index (χ3v) is 2.74. The van der Waals surface area contributed by atoms with Crippen LogP contribution in [0.2, 0.25) is 0 Å². The van der Waals surface area contributed by atoms with Gasteiger partial charge >= 0.3 is 0 Å². The second kappa shape index (κ2) is 5.51. The molecule has 0 saturated carbocycles. The molecular weight excluding hydrogens is 210 g/mol. The number of aryl methyl sites for hydroxylation is 1. The van der Waals surface area contributed by atoms with Gasteiger partial charge in [0.25, 0.3) is 0 Å². The van der Waals surface area contributed by atoms with Crippen LogP contribution in [-0.2, 0) is 0 Å². The van der Waals surface area contributed by atoms with Gasteiger partial charge in [0, 0.05) is 0 Å². The number of hydrogen-bond donors (Lipinski definition) is 1. The van der Waals surface area contributed by atoms with Crippen LogP contribution in [0, 0.1) is 6.92 Å². The average molecular weight is 227 g/mol. The molecule has 0 heterocycles. The Labute approximate surface area is 102 Å². The standard InChI is InChI=1S/C15H17NO/c1-12-7-5-6-10-15(12)17-11-14(16)13-8-3-2-4-9-13/h2-10,14H,11,16H2,1H3/t14-/m1/s1. The number of nitrogens with two attached hydrogens (primary N) is 1. The van der Waals surface area contributed by atoms with Gasteiger partial charge in [-0.15, -0.1) is 0 Å². The molecule has 0 aliphatic carbocycles. The minimum atomic E-state index is -0.0872. The first-order chi connectivity index (χ1) is 8.27. The van der Waals surface area contributed by atoms with Crippen molar-refractivity contribution in [1.82, 2.24) is 0 Å². The normalized spacial score (nSPS) is 12.1. The first-order valence-corrected chi connectivity index (χ1v) is 5.76. The SMILES string of the molecule is Cc1ccccc1OC[C@@H](N)c1ccccc1. The molecule has 88 valence electrons. The van der Waals surface area contributed by atoms with E-state index < -0.39 is 0 Å². The largest absolute Gasteiger partial charge is 0.491 e. The summed E-state index contributed by atoms with van der Waals surface area (Å²) in [6, 6.07) is 17.9. The molecule has 2 nitrogen and oxygen atoms in total. The van der Waals surface area contributed by atoms with E-state index in [0.717, 1.165) is 16.9 Å². The predicted octanol–water partition coefficient (Wildman–Crippen LogP) is 3.07. The highest BCUT2D eigenvalue weighted by atomic mass is 16.5. The zero-order chi connectivity index (χ0) is 12.1. The first kappa shape index (κ1) is 11.7. The number of para-hydroxylation sites is 1. The number of benzene rings is 2. The van der Waals surface area contributed by atoms with Gasteiger partial charge in [-0.1, -0.05) is 48.5 Å². The van der Waals surface area contributed by atoms with Gasteiger partial charge in [-0.3, -0.25) is 0 Å². The van der Waals surface area contributed by atoms with Gasteiger partial charge in [0.05, 0.1) is 6.04 Å². The minimum absolute atomic E-state index is 0.0872. The first-order valence-electron chi connectivity index (χ1n) is 5.76. The van der Waals surface area contributed by atoms with Crippen LogP contribution in [0.5, 0.6) is 5.75 Å². The Morgan fingerprint density at radius 3 is 2.35 bits per heavy atom. The summed E-state index contributed by atoms with van der Waals surface area (Å²) in [5.74, 6) is 0.902. The van der Waals surface area contributed by atoms with E-state index in [1.807, 2.05) is 61.5 Å². The summed E-state index contributed by atoms with van der Waals surface area (Å²) in [7, 11) is 0. The van der Waals surface area contributed by atoms with Crippen LogP contribution in [0.15, 0.2) is 54.6 Å². The molecule has 0 aliphatic heterocycles. The van der Waals surface area contributed by atoms with Crippen molar-refractivity contribution >= 4 is 0 Å². The van der Waals surface area contributed by atoms with Crippen molar-refractivity contribution in [1.29, 1.82) is 0 Å². The van der Waals surface area contributed by atoms with Gasteiger partial charge in [0.1, 0.15) is 12.4 Å². The van der Waals surface area contributed by atoms with Crippen LogP contribution in [0.3, 0.4) is 0 Å². The Bertz CT molecular complexity index is 467. The van der Waals surface area contributed by atoms with Crippen LogP contribution >= 0.6 is 0 Å². The average Bonchev–Trinajstić information content (AvgIpc) is 2.38. The predicted molar refractivity (Wildman–Crippen MR) is 70.0 cm³/mol. The molecular formula is C15H17NO. The summed E-state index contributed by atoms with van der Waals surface area (Å²) in [5.41, 5.74) is 8.30. The smallest absolute Gasteiger partial charge is 0.122 e. The number of ether oxygens (including phenoxy) is 1. The van der Waals surface area contributed by atoms with E-state index in [9.17, 15) is 0 Å². The summed E-state index contributed by atoms with van der Waals surface area (Å²) in [6.45, 7) is 2.53. The topological polar surface area (TPSA) is 35.2 Å². The van der Waals surface area contributed by atoms with E-state index in [1.165, 1.54) is 0 Å². The fourth-order valence-electron chi connectivity index (χ4n) is 1.69. The summed E-state index contributed by atoms with van der Waals surface area (Å²) in [5, 5.41) is 0. The maximum Gasteiger partial charge on any atom is 0.122 e. The lowest BCUT2D eigenvalue weighted by Gasteiger charge is -2.14. The van der Waals surface area contributed by atoms with Crippen molar-refractivity contribution in [2.24, 2.45) is 5.73 Å². The van der Waals surface area contributed by atoms with Gasteiger partial charge < -0.3 is 10.5 Å². The highest BCUT2D eigenvalue weighted by Gasteiger charge is 2.06. The maximum atomic E-state index is 6.07. The van der Waals surface area contributed by atoms with Crippen molar-refractivity contribution in [3.05, 3.63) is 65.7 Å². The van der Waals surface area contributed by atoms with E-state index >= 15 is 0 Å². The Kier molecular flexibility index (Phi) is 3.78. The van der Waals surface area contributed by atoms with Crippen LogP contribution < -0.4 is 10.5 Å². The fraction of sp³-hybridized carbons (Fsp3) is 0.200. The molecule has 2 rings (SSSR count). The van der Waals surface area contributed by atoms with E-state index in [1.54, 1.807) is 0 Å². The summed E-state index contributed by atoms with van der Waals surface area (Å²) < 4.78 is 5.73. The molecule has 0 radical (unpaired) electrons. The molecule has 0 spiro atoms. The Morgan fingerprint density at radius 2 is 1.65 bits per heavy atom. The lowest BCUT2D eigenvalue weighted by molar-refractivity contribution is 0.289. The third kappa shape index (κ3) is 3.08. The molecule has 0 unspecified atom stereocenters. The zero-order valence-corrected chi connectivity index (χ0v) is 9.97. The van der Waals surface area contributed by atoms with Crippen molar-refractivity contribution in [2.45, 2.75) is 13.0 Å². The lowest BCUT2D eigenvalue weighted by Crippen LogP contribution is -2.19. The molecule has 2 heteroatoms. The molecule has 0 aliphatic rings. The van der Waals surface area contributed by atoms with E-state index in [2.05, 4.69) is 0 Å². The monoisotopic (exact) mass is 227 g/mol. The van der Waals surface area contributed by atoms with Gasteiger partial charge in [-0.25, -0.2) is 0 Å². The Hall–Kier alpha value is -1.80. The van der Waals surface area contributed by atoms with Crippen LogP contribution in [0.1, 0.15) is 17.2 Å². The molecule has 0 fully saturated rings. The second-order valence-corrected chi connectivity index (χ2v) is 4.09. The maximum absolute atomic E-state index is 6.07. The van der Waals surface area contributed by atoms with Crippen LogP contribution in [-0.4, -0.2) is 6.61 Å². The number of hydrogen-bond acceptors (Lipinski definition) is 2. The summed E-state index contributed by atoms with van der Waals surface area (Å²) >= 11 is 0. The van der Waals surface area contributed by atoms with Crippen molar-refractivity contribution in [3.63, 3.8) is 0 Å². The van der Waals surface area contributed by atoms with Crippen molar-refractivity contribution in [3.8, 4) is 5.75 Å². The Balaban J connectivity index is 1.97. The van der Waals surface area contributed by atoms with Gasteiger partial charge in [0.2, 0.25) is 0 Å². The minimum Gasteiger partial charge on any atom is -0.491 e. The van der Waals surface area contributed by atoms with Crippen molar-refractivity contribution in [2.75, 3.05) is 6.61 Å². The molecule has 0 aromatic heterocycles. The lowest BCUT2D eigenvalue weighted by atomic mass is 10.1. The molecule has 1 atom stereocenters. The second-order valence-electron chi connectivity index (χ2n) is 4.09. The molecule has 0 bridgehead atoms. The molecule has 0 amide bonds. The quantitative estimate of drug-likeness (QED) is 0.871. The highest BCUT2D eigenvalue weighted by Crippen LogP contribution is 2.18. The van der Waals surface area contributed by atoms with E-state index in [0.29, 0.717) is 6.61 Å². The van der Waals surface area contributed by atoms with Crippen LogP contribution in [0.25, 0.3) is 0 Å². The molecule has 2 aromatic rings. The van der Waals surface area contributed by atoms with Gasteiger partial charge in [0.15, 0.2) is 0 Å². The number of rotatable bonds is 4. The summed E-state index contributed by atoms with van der Waals surface area (Å²) in [6.07, 6.45) is 0. The molecule has 2 aromatic carbocycles. The third-order valence-electron chi connectivity index (χ3n) is 2.74. The fourth-order valence-corrected chi connectivity index (χ4v) is 1.69. The van der Waals surface area contributed by atoms with Crippen molar-refractivity contribution < 1.29 is 4.74 Å². The Morgan fingerprint density at radius 1 is 1.00 bits per heavy atom. The molecule has 2 N–H and O–H groups in total. The van der Waals surface area contributed by atoms with E-state index in [4.69, 9.17) is 10.5 Å². The summed E-state index contributed by atoms with van der Waals surface area (Å²) in [4.78, 5) is 0. The van der Waals surface area contributed by atoms with Crippen LogP contribution in [0.4, 0.5) is 0 Å².